The second kappa shape index (κ2) is 7.40. The molecule has 0 fully saturated rings. The molecule has 0 saturated heterocycles. The highest BCUT2D eigenvalue weighted by molar-refractivity contribution is 5.90. The minimum Gasteiger partial charge on any atom is -0.508 e. The molecule has 6 nitrogen and oxygen atoms in total. The lowest BCUT2D eigenvalue weighted by Crippen LogP contribution is -2.28. The van der Waals surface area contributed by atoms with Crippen LogP contribution >= 0.6 is 0 Å². The molecule has 2 aromatic rings. The largest absolute Gasteiger partial charge is 0.508 e. The summed E-state index contributed by atoms with van der Waals surface area (Å²) in [4.78, 5) is 12.0. The quantitative estimate of drug-likeness (QED) is 0.741. The minimum atomic E-state index is -0.325. The smallest absolute Gasteiger partial charge is 0.319 e. The van der Waals surface area contributed by atoms with Crippen LogP contribution in [-0.4, -0.2) is 25.4 Å². The van der Waals surface area contributed by atoms with Gasteiger partial charge >= 0.3 is 6.03 Å². The molecule has 0 heterocycles. The zero-order chi connectivity index (χ0) is 16.8. The molecule has 2 aromatic carbocycles. The van der Waals surface area contributed by atoms with Gasteiger partial charge in [0.2, 0.25) is 0 Å². The third-order valence-corrected chi connectivity index (χ3v) is 3.36. The highest BCUT2D eigenvalue weighted by Crippen LogP contribution is 2.27. The van der Waals surface area contributed by atoms with E-state index in [4.69, 9.17) is 9.47 Å². The lowest BCUT2D eigenvalue weighted by atomic mass is 10.2. The zero-order valence-corrected chi connectivity index (χ0v) is 13.3. The molecule has 0 saturated carbocycles. The molecule has 122 valence electrons. The Morgan fingerprint density at radius 3 is 2.48 bits per heavy atom. The average Bonchev–Trinajstić information content (AvgIpc) is 2.55. The molecular weight excluding hydrogens is 296 g/mol. The second-order valence-electron chi connectivity index (χ2n) is 5.00. The first kappa shape index (κ1) is 16.5. The molecule has 0 bridgehead atoms. The Kier molecular flexibility index (Phi) is 5.30. The summed E-state index contributed by atoms with van der Waals surface area (Å²) in [5, 5.41) is 14.9. The first-order chi connectivity index (χ1) is 11.0. The van der Waals surface area contributed by atoms with Crippen molar-refractivity contribution in [3.63, 3.8) is 0 Å². The third kappa shape index (κ3) is 4.29. The van der Waals surface area contributed by atoms with Gasteiger partial charge in [0.15, 0.2) is 11.5 Å². The number of phenolic OH excluding ortho intramolecular Hbond substituents is 1. The summed E-state index contributed by atoms with van der Waals surface area (Å²) in [5.41, 5.74) is 2.32. The van der Waals surface area contributed by atoms with Crippen LogP contribution in [0.15, 0.2) is 36.4 Å². The topological polar surface area (TPSA) is 79.8 Å². The van der Waals surface area contributed by atoms with Gasteiger partial charge < -0.3 is 25.2 Å². The average molecular weight is 316 g/mol. The molecule has 2 rings (SSSR count). The third-order valence-electron chi connectivity index (χ3n) is 3.36. The first-order valence-electron chi connectivity index (χ1n) is 7.09. The molecule has 0 atom stereocenters. The molecule has 0 aliphatic heterocycles. The second-order valence-corrected chi connectivity index (χ2v) is 5.00. The molecule has 0 radical (unpaired) electrons. The molecule has 3 N–H and O–H groups in total. The predicted octanol–water partition coefficient (Wildman–Crippen LogP) is 3.04. The van der Waals surface area contributed by atoms with Crippen LogP contribution in [0, 0.1) is 6.92 Å². The number of phenols is 1. The normalized spacial score (nSPS) is 10.0. The van der Waals surface area contributed by atoms with Gasteiger partial charge in [-0.2, -0.15) is 0 Å². The van der Waals surface area contributed by atoms with Gasteiger partial charge in [0.1, 0.15) is 5.75 Å². The number of carbonyl (C=O) groups is 1. The number of rotatable bonds is 5. The standard InChI is InChI=1S/C17H20N2O4/c1-11-8-13(20)5-6-14(11)19-17(21)18-10-12-4-7-15(22-2)16(9-12)23-3/h4-9,20H,10H2,1-3H3,(H2,18,19,21). The van der Waals surface area contributed by atoms with Crippen molar-refractivity contribution in [1.29, 1.82) is 0 Å². The van der Waals surface area contributed by atoms with E-state index < -0.39 is 0 Å². The SMILES string of the molecule is COc1ccc(CNC(=O)Nc2ccc(O)cc2C)cc1OC. The van der Waals surface area contributed by atoms with Crippen LogP contribution in [0.1, 0.15) is 11.1 Å². The predicted molar refractivity (Wildman–Crippen MR) is 88.2 cm³/mol. The summed E-state index contributed by atoms with van der Waals surface area (Å²) in [6, 6.07) is 9.89. The van der Waals surface area contributed by atoms with Crippen molar-refractivity contribution in [3.8, 4) is 17.2 Å². The van der Waals surface area contributed by atoms with Crippen LogP contribution in [0.5, 0.6) is 17.2 Å². The molecule has 0 aromatic heterocycles. The number of carbonyl (C=O) groups excluding carboxylic acids is 1. The fourth-order valence-electron chi connectivity index (χ4n) is 2.13. The summed E-state index contributed by atoms with van der Waals surface area (Å²) in [7, 11) is 3.14. The minimum absolute atomic E-state index is 0.166. The van der Waals surface area contributed by atoms with E-state index in [9.17, 15) is 9.90 Å². The van der Waals surface area contributed by atoms with Gasteiger partial charge in [0.05, 0.1) is 14.2 Å². The molecule has 6 heteroatoms. The highest BCUT2D eigenvalue weighted by atomic mass is 16.5. The zero-order valence-electron chi connectivity index (χ0n) is 13.3. The van der Waals surface area contributed by atoms with Gasteiger partial charge in [-0.15, -0.1) is 0 Å². The number of hydrogen-bond donors (Lipinski definition) is 3. The lowest BCUT2D eigenvalue weighted by molar-refractivity contribution is 0.251. The van der Waals surface area contributed by atoms with Crippen molar-refractivity contribution in [2.75, 3.05) is 19.5 Å². The molecular formula is C17H20N2O4. The van der Waals surface area contributed by atoms with Gasteiger partial charge in [-0.05, 0) is 48.4 Å². The first-order valence-corrected chi connectivity index (χ1v) is 7.09. The van der Waals surface area contributed by atoms with E-state index in [2.05, 4.69) is 10.6 Å². The number of urea groups is 1. The monoisotopic (exact) mass is 316 g/mol. The number of methoxy groups -OCH3 is 2. The van der Waals surface area contributed by atoms with E-state index in [-0.39, 0.29) is 11.8 Å². The molecule has 23 heavy (non-hydrogen) atoms. The summed E-state index contributed by atoms with van der Waals surface area (Å²) in [6.45, 7) is 2.16. The Labute approximate surface area is 135 Å². The summed E-state index contributed by atoms with van der Waals surface area (Å²) in [6.07, 6.45) is 0. The lowest BCUT2D eigenvalue weighted by Gasteiger charge is -2.12. The van der Waals surface area contributed by atoms with Crippen molar-refractivity contribution in [2.45, 2.75) is 13.5 Å². The van der Waals surface area contributed by atoms with Crippen molar-refractivity contribution in [1.82, 2.24) is 5.32 Å². The molecule has 0 aliphatic carbocycles. The van der Waals surface area contributed by atoms with E-state index in [1.165, 1.54) is 6.07 Å². The Morgan fingerprint density at radius 1 is 1.09 bits per heavy atom. The molecule has 0 aliphatic rings. The van der Waals surface area contributed by atoms with Crippen molar-refractivity contribution in [3.05, 3.63) is 47.5 Å². The Bertz CT molecular complexity index is 701. The number of benzene rings is 2. The number of aryl methyl sites for hydroxylation is 1. The van der Waals surface area contributed by atoms with Crippen molar-refractivity contribution in [2.24, 2.45) is 0 Å². The number of amides is 2. The van der Waals surface area contributed by atoms with E-state index in [1.54, 1.807) is 32.4 Å². The van der Waals surface area contributed by atoms with E-state index in [1.807, 2.05) is 19.1 Å². The number of anilines is 1. The maximum absolute atomic E-state index is 12.0. The summed E-state index contributed by atoms with van der Waals surface area (Å²) >= 11 is 0. The maximum atomic E-state index is 12.0. The van der Waals surface area contributed by atoms with Crippen LogP contribution in [0.4, 0.5) is 10.5 Å². The van der Waals surface area contributed by atoms with E-state index in [0.717, 1.165) is 11.1 Å². The van der Waals surface area contributed by atoms with Crippen LogP contribution in [0.25, 0.3) is 0 Å². The maximum Gasteiger partial charge on any atom is 0.319 e. The Balaban J connectivity index is 1.96. The van der Waals surface area contributed by atoms with E-state index >= 15 is 0 Å². The number of ether oxygens (including phenoxy) is 2. The highest BCUT2D eigenvalue weighted by Gasteiger charge is 2.07. The Morgan fingerprint density at radius 2 is 1.83 bits per heavy atom. The summed E-state index contributed by atoms with van der Waals surface area (Å²) in [5.74, 6) is 1.42. The number of nitrogens with one attached hydrogen (secondary N) is 2. The summed E-state index contributed by atoms with van der Waals surface area (Å²) < 4.78 is 10.4. The fourth-order valence-corrected chi connectivity index (χ4v) is 2.13. The van der Waals surface area contributed by atoms with Crippen molar-refractivity contribution < 1.29 is 19.4 Å². The fraction of sp³-hybridized carbons (Fsp3) is 0.235. The van der Waals surface area contributed by atoms with Crippen LogP contribution in [-0.2, 0) is 6.54 Å². The van der Waals surface area contributed by atoms with Gasteiger partial charge in [-0.25, -0.2) is 4.79 Å². The van der Waals surface area contributed by atoms with Gasteiger partial charge in [-0.1, -0.05) is 6.07 Å². The number of hydrogen-bond acceptors (Lipinski definition) is 4. The van der Waals surface area contributed by atoms with E-state index in [0.29, 0.717) is 23.7 Å². The number of aromatic hydroxyl groups is 1. The molecule has 0 spiro atoms. The molecule has 2 amide bonds. The van der Waals surface area contributed by atoms with Crippen LogP contribution < -0.4 is 20.1 Å². The van der Waals surface area contributed by atoms with Crippen LogP contribution in [0.2, 0.25) is 0 Å². The van der Waals surface area contributed by atoms with Gasteiger partial charge in [-0.3, -0.25) is 0 Å². The molecule has 0 unspecified atom stereocenters. The Hall–Kier alpha value is -2.89. The van der Waals surface area contributed by atoms with Gasteiger partial charge in [0.25, 0.3) is 0 Å². The van der Waals surface area contributed by atoms with Gasteiger partial charge in [0, 0.05) is 12.2 Å². The van der Waals surface area contributed by atoms with Crippen molar-refractivity contribution >= 4 is 11.7 Å². The van der Waals surface area contributed by atoms with Crippen LogP contribution in [0.3, 0.4) is 0 Å².